The van der Waals surface area contributed by atoms with Crippen molar-refractivity contribution in [3.63, 3.8) is 0 Å². The molecule has 1 aromatic carbocycles. The quantitative estimate of drug-likeness (QED) is 0.707. The summed E-state index contributed by atoms with van der Waals surface area (Å²) >= 11 is 0. The lowest BCUT2D eigenvalue weighted by atomic mass is 9.82. The molecule has 0 radical (unpaired) electrons. The smallest absolute Gasteiger partial charge is 0.130 e. The van der Waals surface area contributed by atoms with Crippen molar-refractivity contribution in [2.24, 2.45) is 5.92 Å². The lowest BCUT2D eigenvalue weighted by molar-refractivity contribution is 0.0291. The molecule has 16 heavy (non-hydrogen) atoms. The van der Waals surface area contributed by atoms with Crippen molar-refractivity contribution < 1.29 is 13.5 Å². The van der Waals surface area contributed by atoms with Gasteiger partial charge >= 0.3 is 0 Å². The Morgan fingerprint density at radius 1 is 1.31 bits per heavy atom. The van der Waals surface area contributed by atoms with E-state index in [4.69, 9.17) is 4.74 Å². The second-order valence-electron chi connectivity index (χ2n) is 4.72. The number of fused-ring (bicyclic) bond motifs is 1. The van der Waals surface area contributed by atoms with Crippen molar-refractivity contribution in [1.29, 1.82) is 0 Å². The van der Waals surface area contributed by atoms with E-state index in [-0.39, 0.29) is 17.9 Å². The van der Waals surface area contributed by atoms with Crippen LogP contribution in [0.5, 0.6) is 0 Å². The maximum Gasteiger partial charge on any atom is 0.130 e. The molecule has 0 amide bonds. The van der Waals surface area contributed by atoms with Gasteiger partial charge in [0.1, 0.15) is 11.6 Å². The fourth-order valence-electron chi connectivity index (χ4n) is 2.28. The lowest BCUT2D eigenvalue weighted by Crippen LogP contribution is -2.24. The van der Waals surface area contributed by atoms with Gasteiger partial charge < -0.3 is 4.74 Å². The third-order valence-corrected chi connectivity index (χ3v) is 3.27. The van der Waals surface area contributed by atoms with E-state index in [1.54, 1.807) is 0 Å². The molecule has 1 aromatic rings. The Hall–Kier alpha value is -0.960. The van der Waals surface area contributed by atoms with Crippen molar-refractivity contribution >= 4 is 0 Å². The van der Waals surface area contributed by atoms with Crippen LogP contribution in [0.25, 0.3) is 0 Å². The summed E-state index contributed by atoms with van der Waals surface area (Å²) in [5, 5.41) is 0. The van der Waals surface area contributed by atoms with Gasteiger partial charge in [-0.3, -0.25) is 0 Å². The normalized spacial score (nSPS) is 24.6. The highest BCUT2D eigenvalue weighted by molar-refractivity contribution is 5.36. The van der Waals surface area contributed by atoms with Crippen molar-refractivity contribution in [3.05, 3.63) is 34.9 Å². The summed E-state index contributed by atoms with van der Waals surface area (Å²) in [5.74, 6) is -0.669. The lowest BCUT2D eigenvalue weighted by Gasteiger charge is -2.32. The van der Waals surface area contributed by atoms with Gasteiger partial charge in [-0.15, -0.1) is 0 Å². The van der Waals surface area contributed by atoms with Crippen LogP contribution < -0.4 is 0 Å². The average Bonchev–Trinajstić information content (AvgIpc) is 2.19. The molecule has 0 saturated carbocycles. The van der Waals surface area contributed by atoms with E-state index < -0.39 is 11.6 Å². The first-order valence-corrected chi connectivity index (χ1v) is 5.61. The predicted molar refractivity (Wildman–Crippen MR) is 58.3 cm³/mol. The number of halogens is 2. The van der Waals surface area contributed by atoms with Crippen molar-refractivity contribution in [1.82, 2.24) is 0 Å². The van der Waals surface area contributed by atoms with Gasteiger partial charge in [-0.2, -0.15) is 0 Å². The fraction of sp³-hybridized carbons (Fsp3) is 0.538. The number of ether oxygens (including phenoxy) is 1. The molecule has 0 spiro atoms. The van der Waals surface area contributed by atoms with Crippen LogP contribution in [0.15, 0.2) is 12.1 Å². The van der Waals surface area contributed by atoms with Crippen LogP contribution in [0.1, 0.15) is 43.9 Å². The van der Waals surface area contributed by atoms with Crippen LogP contribution in [0, 0.1) is 17.6 Å². The minimum absolute atomic E-state index is 0.0202. The third kappa shape index (κ3) is 1.84. The summed E-state index contributed by atoms with van der Waals surface area (Å²) < 4.78 is 32.5. The van der Waals surface area contributed by atoms with E-state index in [0.717, 1.165) is 6.07 Å². The standard InChI is InChI=1S/C13H16F2O/c1-7(2)11-6-16-8(3)10-4-9(14)5-12(15)13(10)11/h4-5,7-8,11H,6H2,1-3H3/t8-,11-/m0/s1. The predicted octanol–water partition coefficient (Wildman–Crippen LogP) is 3.80. The van der Waals surface area contributed by atoms with E-state index >= 15 is 0 Å². The van der Waals surface area contributed by atoms with Gasteiger partial charge in [0.05, 0.1) is 12.7 Å². The highest BCUT2D eigenvalue weighted by Gasteiger charge is 2.30. The van der Waals surface area contributed by atoms with Crippen molar-refractivity contribution in [3.8, 4) is 0 Å². The van der Waals surface area contributed by atoms with Crippen LogP contribution in [0.4, 0.5) is 8.78 Å². The summed E-state index contributed by atoms with van der Waals surface area (Å²) in [6.45, 7) is 6.38. The molecule has 0 fully saturated rings. The summed E-state index contributed by atoms with van der Waals surface area (Å²) in [7, 11) is 0. The molecule has 0 unspecified atom stereocenters. The summed E-state index contributed by atoms with van der Waals surface area (Å²) in [6, 6.07) is 2.35. The minimum Gasteiger partial charge on any atom is -0.373 e. The van der Waals surface area contributed by atoms with E-state index in [1.165, 1.54) is 6.07 Å². The van der Waals surface area contributed by atoms with Gasteiger partial charge in [0.25, 0.3) is 0 Å². The Morgan fingerprint density at radius 2 is 2.00 bits per heavy atom. The summed E-state index contributed by atoms with van der Waals surface area (Å²) in [5.41, 5.74) is 1.29. The summed E-state index contributed by atoms with van der Waals surface area (Å²) in [6.07, 6.45) is -0.227. The van der Waals surface area contributed by atoms with E-state index in [9.17, 15) is 8.78 Å². The first kappa shape index (κ1) is 11.5. The van der Waals surface area contributed by atoms with Crippen LogP contribution >= 0.6 is 0 Å². The zero-order valence-electron chi connectivity index (χ0n) is 9.76. The molecule has 0 aliphatic carbocycles. The van der Waals surface area contributed by atoms with Gasteiger partial charge in [-0.05, 0) is 30.0 Å². The van der Waals surface area contributed by atoms with E-state index in [0.29, 0.717) is 17.7 Å². The van der Waals surface area contributed by atoms with Gasteiger partial charge in [-0.1, -0.05) is 13.8 Å². The molecular weight excluding hydrogens is 210 g/mol. The topological polar surface area (TPSA) is 9.23 Å². The SMILES string of the molecule is CC(C)[C@@H]1CO[C@@H](C)c2cc(F)cc(F)c21. The average molecular weight is 226 g/mol. The highest BCUT2D eigenvalue weighted by atomic mass is 19.1. The Morgan fingerprint density at radius 3 is 2.62 bits per heavy atom. The van der Waals surface area contributed by atoms with Crippen molar-refractivity contribution in [2.45, 2.75) is 32.8 Å². The molecule has 0 bridgehead atoms. The molecule has 3 heteroatoms. The molecule has 1 heterocycles. The molecule has 1 aliphatic heterocycles. The maximum absolute atomic E-state index is 13.8. The number of hydrogen-bond donors (Lipinski definition) is 0. The minimum atomic E-state index is -0.531. The van der Waals surface area contributed by atoms with Gasteiger partial charge in [0.15, 0.2) is 0 Å². The van der Waals surface area contributed by atoms with Gasteiger partial charge in [0.2, 0.25) is 0 Å². The number of hydrogen-bond acceptors (Lipinski definition) is 1. The molecule has 0 N–H and O–H groups in total. The summed E-state index contributed by atoms with van der Waals surface area (Å²) in [4.78, 5) is 0. The first-order valence-electron chi connectivity index (χ1n) is 5.61. The second-order valence-corrected chi connectivity index (χ2v) is 4.72. The number of benzene rings is 1. The largest absolute Gasteiger partial charge is 0.373 e. The van der Waals surface area contributed by atoms with E-state index in [1.807, 2.05) is 20.8 Å². The molecule has 2 rings (SSSR count). The fourth-order valence-corrected chi connectivity index (χ4v) is 2.28. The first-order chi connectivity index (χ1) is 7.50. The Labute approximate surface area is 94.4 Å². The van der Waals surface area contributed by atoms with Gasteiger partial charge in [-0.25, -0.2) is 8.78 Å². The van der Waals surface area contributed by atoms with Crippen LogP contribution in [-0.2, 0) is 4.74 Å². The molecule has 0 saturated heterocycles. The Balaban J connectivity index is 2.56. The van der Waals surface area contributed by atoms with E-state index in [2.05, 4.69) is 0 Å². The molecule has 1 aliphatic rings. The Bertz CT molecular complexity index is 401. The van der Waals surface area contributed by atoms with Crippen LogP contribution in [0.2, 0.25) is 0 Å². The zero-order chi connectivity index (χ0) is 11.9. The molecule has 2 atom stereocenters. The maximum atomic E-state index is 13.8. The van der Waals surface area contributed by atoms with Crippen LogP contribution in [0.3, 0.4) is 0 Å². The zero-order valence-corrected chi connectivity index (χ0v) is 9.76. The highest BCUT2D eigenvalue weighted by Crippen LogP contribution is 2.39. The molecule has 88 valence electrons. The molecule has 0 aromatic heterocycles. The molecule has 1 nitrogen and oxygen atoms in total. The number of rotatable bonds is 1. The monoisotopic (exact) mass is 226 g/mol. The third-order valence-electron chi connectivity index (χ3n) is 3.27. The van der Waals surface area contributed by atoms with Crippen LogP contribution in [-0.4, -0.2) is 6.61 Å². The van der Waals surface area contributed by atoms with Crippen molar-refractivity contribution in [2.75, 3.05) is 6.61 Å². The Kier molecular flexibility index (Phi) is 2.98. The second kappa shape index (κ2) is 4.13. The molecular formula is C13H16F2O. The van der Waals surface area contributed by atoms with Gasteiger partial charge in [0, 0.05) is 12.0 Å².